The molecular weight excluding hydrogens is 536 g/mol. The van der Waals surface area contributed by atoms with E-state index in [0.29, 0.717) is 13.2 Å². The van der Waals surface area contributed by atoms with E-state index < -0.39 is 0 Å². The van der Waals surface area contributed by atoms with E-state index in [4.69, 9.17) is 9.47 Å². The fourth-order valence-electron chi connectivity index (χ4n) is 7.64. The van der Waals surface area contributed by atoms with E-state index in [-0.39, 0.29) is 11.4 Å². The molecule has 0 amide bonds. The van der Waals surface area contributed by atoms with Gasteiger partial charge in [-0.25, -0.2) is 4.79 Å². The van der Waals surface area contributed by atoms with Gasteiger partial charge < -0.3 is 9.47 Å². The number of carbonyl (C=O) groups excluding carboxylic acids is 1. The summed E-state index contributed by atoms with van der Waals surface area (Å²) >= 11 is 3.81. The van der Waals surface area contributed by atoms with Gasteiger partial charge in [-0.3, -0.25) is 0 Å². The number of ether oxygens (including phenoxy) is 2. The maximum absolute atomic E-state index is 11.7. The van der Waals surface area contributed by atoms with E-state index >= 15 is 0 Å². The zero-order valence-electron chi connectivity index (χ0n) is 22.0. The summed E-state index contributed by atoms with van der Waals surface area (Å²) in [6.45, 7) is 2.78. The molecule has 4 aliphatic rings. The lowest BCUT2D eigenvalue weighted by Crippen LogP contribution is -2.48. The molecule has 4 fully saturated rings. The molecule has 0 aromatic heterocycles. The van der Waals surface area contributed by atoms with Crippen LogP contribution >= 0.6 is 15.9 Å². The minimum atomic E-state index is -0.320. The van der Waals surface area contributed by atoms with Crippen molar-refractivity contribution in [2.24, 2.45) is 17.8 Å². The molecular formula is C34H35BrO3. The Morgan fingerprint density at radius 2 is 1.66 bits per heavy atom. The van der Waals surface area contributed by atoms with E-state index in [2.05, 4.69) is 82.7 Å². The van der Waals surface area contributed by atoms with Crippen LogP contribution in [0, 0.1) is 17.8 Å². The number of benzene rings is 3. The summed E-state index contributed by atoms with van der Waals surface area (Å²) in [7, 11) is 0. The predicted octanol–water partition coefficient (Wildman–Crippen LogP) is 8.74. The Labute approximate surface area is 234 Å². The van der Waals surface area contributed by atoms with E-state index in [0.717, 1.165) is 39.1 Å². The second-order valence-electron chi connectivity index (χ2n) is 11.5. The molecule has 0 radical (unpaired) electrons. The van der Waals surface area contributed by atoms with Gasteiger partial charge in [0, 0.05) is 16.1 Å². The summed E-state index contributed by atoms with van der Waals surface area (Å²) < 4.78 is 12.6. The third-order valence-corrected chi connectivity index (χ3v) is 9.49. The van der Waals surface area contributed by atoms with E-state index in [1.165, 1.54) is 61.3 Å². The summed E-state index contributed by atoms with van der Waals surface area (Å²) in [5, 5.41) is 0. The fraction of sp³-hybridized carbons (Fsp3) is 0.382. The van der Waals surface area contributed by atoms with Gasteiger partial charge in [-0.2, -0.15) is 0 Å². The van der Waals surface area contributed by atoms with Crippen LogP contribution < -0.4 is 4.74 Å². The minimum Gasteiger partial charge on any atom is -0.489 e. The van der Waals surface area contributed by atoms with Gasteiger partial charge in [-0.1, -0.05) is 64.5 Å². The lowest BCUT2D eigenvalue weighted by molar-refractivity contribution is -0.137. The highest BCUT2D eigenvalue weighted by Crippen LogP contribution is 2.62. The zero-order valence-corrected chi connectivity index (χ0v) is 23.6. The van der Waals surface area contributed by atoms with Crippen molar-refractivity contribution in [1.29, 1.82) is 0 Å². The van der Waals surface area contributed by atoms with Crippen LogP contribution in [0.1, 0.15) is 62.1 Å². The summed E-state index contributed by atoms with van der Waals surface area (Å²) in [4.78, 5) is 11.7. The smallest absolute Gasteiger partial charge is 0.330 e. The van der Waals surface area contributed by atoms with Crippen LogP contribution in [0.5, 0.6) is 5.75 Å². The molecule has 0 saturated heterocycles. The molecule has 0 unspecified atom stereocenters. The zero-order chi connectivity index (χ0) is 26.1. The van der Waals surface area contributed by atoms with Gasteiger partial charge in [-0.05, 0) is 115 Å². The van der Waals surface area contributed by atoms with Gasteiger partial charge in [0.15, 0.2) is 0 Å². The normalized spacial score (nSPS) is 25.6. The van der Waals surface area contributed by atoms with E-state index in [1.807, 2.05) is 6.92 Å². The standard InChI is InChI=1S/C34H35BrO3/c1-2-37-33(36)13-9-23-8-11-29(31(35)17-23)28-10-12-32(38-22-24-6-4-3-5-7-24)30(18-28)34-19-25-14-26(20-34)16-27(15-25)21-34/h3-13,17-18,25-27H,2,14-16,19-22H2,1H3. The highest BCUT2D eigenvalue weighted by atomic mass is 79.9. The molecule has 3 nitrogen and oxygen atoms in total. The highest BCUT2D eigenvalue weighted by Gasteiger charge is 2.52. The van der Waals surface area contributed by atoms with Gasteiger partial charge in [0.2, 0.25) is 0 Å². The topological polar surface area (TPSA) is 35.5 Å². The average molecular weight is 572 g/mol. The molecule has 7 rings (SSSR count). The van der Waals surface area contributed by atoms with Crippen molar-refractivity contribution in [1.82, 2.24) is 0 Å². The van der Waals surface area contributed by atoms with Gasteiger partial charge in [0.25, 0.3) is 0 Å². The Kier molecular flexibility index (Phi) is 7.18. The number of carbonyl (C=O) groups is 1. The van der Waals surface area contributed by atoms with Crippen molar-refractivity contribution in [2.45, 2.75) is 57.5 Å². The number of hydrogen-bond acceptors (Lipinski definition) is 3. The average Bonchev–Trinajstić information content (AvgIpc) is 2.91. The van der Waals surface area contributed by atoms with Crippen molar-refractivity contribution < 1.29 is 14.3 Å². The van der Waals surface area contributed by atoms with Crippen molar-refractivity contribution in [2.75, 3.05) is 6.61 Å². The van der Waals surface area contributed by atoms with Crippen LogP contribution in [-0.2, 0) is 21.6 Å². The first-order valence-corrected chi connectivity index (χ1v) is 14.8. The Morgan fingerprint density at radius 1 is 0.947 bits per heavy atom. The van der Waals surface area contributed by atoms with Crippen molar-refractivity contribution >= 4 is 28.0 Å². The summed E-state index contributed by atoms with van der Waals surface area (Å²) in [6, 6.07) is 23.5. The minimum absolute atomic E-state index is 0.228. The van der Waals surface area contributed by atoms with Gasteiger partial charge in [0.05, 0.1) is 6.61 Å². The molecule has 196 valence electrons. The first kappa shape index (κ1) is 25.4. The molecule has 4 saturated carbocycles. The predicted molar refractivity (Wildman–Crippen MR) is 156 cm³/mol. The monoisotopic (exact) mass is 570 g/mol. The summed E-state index contributed by atoms with van der Waals surface area (Å²) in [5.74, 6) is 3.32. The van der Waals surface area contributed by atoms with Crippen LogP contribution in [-0.4, -0.2) is 12.6 Å². The van der Waals surface area contributed by atoms with E-state index in [1.54, 1.807) is 6.08 Å². The molecule has 3 aromatic carbocycles. The molecule has 0 spiro atoms. The quantitative estimate of drug-likeness (QED) is 0.200. The molecule has 4 heteroatoms. The van der Waals surface area contributed by atoms with Crippen LogP contribution in [0.2, 0.25) is 0 Å². The third-order valence-electron chi connectivity index (χ3n) is 8.83. The Bertz CT molecular complexity index is 1310. The summed E-state index contributed by atoms with van der Waals surface area (Å²) in [5.41, 5.74) is 6.14. The number of halogens is 1. The molecule has 4 bridgehead atoms. The number of esters is 1. The first-order chi connectivity index (χ1) is 18.5. The summed E-state index contributed by atoms with van der Waals surface area (Å²) in [6.07, 6.45) is 11.4. The molecule has 0 N–H and O–H groups in total. The molecule has 0 aliphatic heterocycles. The first-order valence-electron chi connectivity index (χ1n) is 14.0. The second-order valence-corrected chi connectivity index (χ2v) is 12.4. The van der Waals surface area contributed by atoms with E-state index in [9.17, 15) is 4.79 Å². The largest absolute Gasteiger partial charge is 0.489 e. The van der Waals surface area contributed by atoms with Gasteiger partial charge >= 0.3 is 5.97 Å². The Hall–Kier alpha value is -2.85. The van der Waals surface area contributed by atoms with Crippen LogP contribution in [0.15, 0.2) is 77.3 Å². The molecule has 3 aromatic rings. The van der Waals surface area contributed by atoms with Gasteiger partial charge in [0.1, 0.15) is 12.4 Å². The number of rotatable bonds is 8. The van der Waals surface area contributed by atoms with Crippen LogP contribution in [0.4, 0.5) is 0 Å². The maximum Gasteiger partial charge on any atom is 0.330 e. The Balaban J connectivity index is 1.34. The lowest BCUT2D eigenvalue weighted by Gasteiger charge is -2.57. The van der Waals surface area contributed by atoms with Crippen molar-refractivity contribution in [3.63, 3.8) is 0 Å². The van der Waals surface area contributed by atoms with Crippen LogP contribution in [0.25, 0.3) is 17.2 Å². The maximum atomic E-state index is 11.7. The van der Waals surface area contributed by atoms with Crippen molar-refractivity contribution in [3.8, 4) is 16.9 Å². The van der Waals surface area contributed by atoms with Crippen molar-refractivity contribution in [3.05, 3.63) is 94.0 Å². The molecule has 38 heavy (non-hydrogen) atoms. The Morgan fingerprint density at radius 3 is 2.32 bits per heavy atom. The molecule has 4 aliphatic carbocycles. The fourth-order valence-corrected chi connectivity index (χ4v) is 8.26. The highest BCUT2D eigenvalue weighted by molar-refractivity contribution is 9.10. The second kappa shape index (κ2) is 10.7. The van der Waals surface area contributed by atoms with Gasteiger partial charge in [-0.15, -0.1) is 0 Å². The lowest BCUT2D eigenvalue weighted by atomic mass is 9.48. The van der Waals surface area contributed by atoms with Crippen LogP contribution in [0.3, 0.4) is 0 Å². The molecule has 0 atom stereocenters. The number of hydrogen-bond donors (Lipinski definition) is 0. The SMILES string of the molecule is CCOC(=O)C=Cc1ccc(-c2ccc(OCc3ccccc3)c(C34CC5CC(CC(C5)C3)C4)c2)c(Br)c1. The molecule has 0 heterocycles. The third kappa shape index (κ3) is 5.20.